The number of likely N-dealkylation sites (tertiary alicyclic amines) is 1. The lowest BCUT2D eigenvalue weighted by Gasteiger charge is -2.35. The highest BCUT2D eigenvalue weighted by atomic mass is 19.1. The Labute approximate surface area is 269 Å². The smallest absolute Gasteiger partial charge is 0.407 e. The van der Waals surface area contributed by atoms with Gasteiger partial charge >= 0.3 is 6.09 Å². The average Bonchev–Trinajstić information content (AvgIpc) is 3.41. The normalized spacial score (nSPS) is 19.7. The maximum atomic E-state index is 14.5. The van der Waals surface area contributed by atoms with Crippen LogP contribution in [0, 0.1) is 17.2 Å². The van der Waals surface area contributed by atoms with Crippen LogP contribution in [-0.4, -0.2) is 70.9 Å². The predicted octanol–water partition coefficient (Wildman–Crippen LogP) is 6.33. The van der Waals surface area contributed by atoms with E-state index in [-0.39, 0.29) is 36.7 Å². The van der Waals surface area contributed by atoms with Gasteiger partial charge in [-0.1, -0.05) is 43.5 Å². The second kappa shape index (κ2) is 15.2. The second-order valence-corrected chi connectivity index (χ2v) is 12.7. The first kappa shape index (κ1) is 34.4. The SMILES string of the molecule is C=C(F)C=C(C(=C)F)C1CN(c2ncc(OC(C)C3CCN(C(=N)OCc4ccccc4)CC3)cn2)CC1NC(=O)OC(C)(C)C. The molecule has 0 saturated carbocycles. The van der Waals surface area contributed by atoms with Gasteiger partial charge in [-0.2, -0.15) is 0 Å². The first-order chi connectivity index (χ1) is 21.8. The number of halogens is 2. The number of benzene rings is 1. The Morgan fingerprint density at radius 2 is 1.78 bits per heavy atom. The number of alkyl carbamates (subject to hydrolysis) is 1. The number of nitrogens with zero attached hydrogens (tertiary/aromatic N) is 4. The van der Waals surface area contributed by atoms with Gasteiger partial charge in [-0.15, -0.1) is 0 Å². The van der Waals surface area contributed by atoms with Crippen molar-refractivity contribution in [1.82, 2.24) is 20.2 Å². The summed E-state index contributed by atoms with van der Waals surface area (Å²) in [5.74, 6) is -1.17. The molecule has 3 atom stereocenters. The van der Waals surface area contributed by atoms with Crippen LogP contribution in [0.4, 0.5) is 19.5 Å². The van der Waals surface area contributed by atoms with Crippen LogP contribution in [0.15, 0.2) is 79.2 Å². The maximum Gasteiger partial charge on any atom is 0.407 e. The van der Waals surface area contributed by atoms with Gasteiger partial charge in [-0.05, 0) is 63.7 Å². The molecule has 3 heterocycles. The maximum absolute atomic E-state index is 14.5. The molecule has 46 heavy (non-hydrogen) atoms. The lowest BCUT2D eigenvalue weighted by molar-refractivity contribution is 0.0501. The minimum atomic E-state index is -0.824. The van der Waals surface area contributed by atoms with Gasteiger partial charge in [-0.3, -0.25) is 5.41 Å². The highest BCUT2D eigenvalue weighted by Crippen LogP contribution is 2.33. The largest absolute Gasteiger partial charge is 0.487 e. The van der Waals surface area contributed by atoms with Crippen LogP contribution in [0.2, 0.25) is 0 Å². The standard InChI is InChI=1S/C34H44F2N6O4/c1-22(35)16-28(23(2)36)29-19-42(20-30(29)40-33(43)46-34(4,5)6)32-38-17-27(18-39-32)45-24(3)26-12-14-41(15-13-26)31(37)44-21-25-10-8-7-9-11-25/h7-11,16-18,24,26,29-30,37H,1-2,12-15,19-21H2,3-6H3,(H,40,43). The number of piperidine rings is 1. The van der Waals surface area contributed by atoms with E-state index in [1.165, 1.54) is 0 Å². The summed E-state index contributed by atoms with van der Waals surface area (Å²) in [6.45, 7) is 16.0. The number of amidine groups is 1. The number of rotatable bonds is 10. The first-order valence-electron chi connectivity index (χ1n) is 15.4. The molecule has 2 aliphatic heterocycles. The zero-order valence-corrected chi connectivity index (χ0v) is 27.0. The average molecular weight is 639 g/mol. The van der Waals surface area contributed by atoms with Gasteiger partial charge in [-0.25, -0.2) is 23.5 Å². The molecule has 0 spiro atoms. The zero-order chi connectivity index (χ0) is 33.4. The van der Waals surface area contributed by atoms with Crippen molar-refractivity contribution >= 4 is 18.1 Å². The van der Waals surface area contributed by atoms with Gasteiger partial charge in [0.1, 0.15) is 23.9 Å². The number of ether oxygens (including phenoxy) is 3. The topological polar surface area (TPSA) is 113 Å². The third-order valence-electron chi connectivity index (χ3n) is 7.98. The van der Waals surface area contributed by atoms with Gasteiger partial charge in [0.25, 0.3) is 6.02 Å². The molecule has 2 aliphatic rings. The summed E-state index contributed by atoms with van der Waals surface area (Å²) in [6.07, 6.45) is 5.07. The Kier molecular flexibility index (Phi) is 11.4. The van der Waals surface area contributed by atoms with Crippen LogP contribution in [0.25, 0.3) is 0 Å². The molecular weight excluding hydrogens is 594 g/mol. The molecule has 4 rings (SSSR count). The number of carbonyl (C=O) groups excluding carboxylic acids is 1. The first-order valence-corrected chi connectivity index (χ1v) is 15.4. The number of nitrogens with one attached hydrogen (secondary N) is 2. The summed E-state index contributed by atoms with van der Waals surface area (Å²) < 4.78 is 45.5. The van der Waals surface area contributed by atoms with E-state index in [9.17, 15) is 13.6 Å². The number of hydrogen-bond acceptors (Lipinski definition) is 8. The van der Waals surface area contributed by atoms with E-state index in [1.54, 1.807) is 38.1 Å². The molecule has 12 heteroatoms. The van der Waals surface area contributed by atoms with Crippen molar-refractivity contribution < 1.29 is 27.8 Å². The van der Waals surface area contributed by atoms with Crippen molar-refractivity contribution in [3.8, 4) is 5.75 Å². The number of carbonyl (C=O) groups is 1. The molecule has 1 amide bonds. The van der Waals surface area contributed by atoms with E-state index in [1.807, 2.05) is 42.2 Å². The fourth-order valence-corrected chi connectivity index (χ4v) is 5.68. The summed E-state index contributed by atoms with van der Waals surface area (Å²) in [5.41, 5.74) is 0.281. The van der Waals surface area contributed by atoms with Crippen molar-refractivity contribution in [2.45, 2.75) is 64.9 Å². The van der Waals surface area contributed by atoms with Crippen molar-refractivity contribution in [2.24, 2.45) is 11.8 Å². The van der Waals surface area contributed by atoms with E-state index < -0.39 is 35.3 Å². The van der Waals surface area contributed by atoms with E-state index in [0.29, 0.717) is 31.4 Å². The number of allylic oxidation sites excluding steroid dienone is 3. The van der Waals surface area contributed by atoms with E-state index in [2.05, 4.69) is 28.4 Å². The minimum Gasteiger partial charge on any atom is -0.487 e. The molecular formula is C34H44F2N6O4. The molecule has 2 saturated heterocycles. The third kappa shape index (κ3) is 9.76. The van der Waals surface area contributed by atoms with Crippen molar-refractivity contribution in [1.29, 1.82) is 5.41 Å². The molecule has 3 unspecified atom stereocenters. The predicted molar refractivity (Wildman–Crippen MR) is 173 cm³/mol. The Morgan fingerprint density at radius 3 is 2.37 bits per heavy atom. The van der Waals surface area contributed by atoms with Gasteiger partial charge in [0.05, 0.1) is 24.5 Å². The Hall–Kier alpha value is -4.48. The molecule has 2 N–H and O–H groups in total. The fraction of sp³-hybridized carbons (Fsp3) is 0.471. The summed E-state index contributed by atoms with van der Waals surface area (Å²) in [6, 6.07) is 9.34. The highest BCUT2D eigenvalue weighted by Gasteiger charge is 2.39. The van der Waals surface area contributed by atoms with E-state index in [4.69, 9.17) is 19.6 Å². The molecule has 10 nitrogen and oxygen atoms in total. The van der Waals surface area contributed by atoms with Crippen LogP contribution in [-0.2, 0) is 16.1 Å². The molecule has 1 aromatic carbocycles. The minimum absolute atomic E-state index is 0.00576. The zero-order valence-electron chi connectivity index (χ0n) is 27.0. The highest BCUT2D eigenvalue weighted by molar-refractivity contribution is 5.70. The van der Waals surface area contributed by atoms with Crippen LogP contribution >= 0.6 is 0 Å². The number of anilines is 1. The lowest BCUT2D eigenvalue weighted by Crippen LogP contribution is -2.43. The number of amides is 1. The van der Waals surface area contributed by atoms with Crippen LogP contribution in [0.3, 0.4) is 0 Å². The Morgan fingerprint density at radius 1 is 1.13 bits per heavy atom. The number of hydrogen-bond donors (Lipinski definition) is 2. The summed E-state index contributed by atoms with van der Waals surface area (Å²) >= 11 is 0. The monoisotopic (exact) mass is 638 g/mol. The van der Waals surface area contributed by atoms with Crippen LogP contribution < -0.4 is 15.0 Å². The molecule has 2 aromatic rings. The molecule has 248 valence electrons. The van der Waals surface area contributed by atoms with Gasteiger partial charge in [0.15, 0.2) is 5.75 Å². The Balaban J connectivity index is 1.33. The van der Waals surface area contributed by atoms with E-state index >= 15 is 0 Å². The number of aromatic nitrogens is 2. The van der Waals surface area contributed by atoms with Crippen molar-refractivity contribution in [2.75, 3.05) is 31.1 Å². The van der Waals surface area contributed by atoms with Gasteiger partial charge < -0.3 is 29.3 Å². The lowest BCUT2D eigenvalue weighted by atomic mass is 9.92. The van der Waals surface area contributed by atoms with Crippen molar-refractivity contribution in [3.63, 3.8) is 0 Å². The fourth-order valence-electron chi connectivity index (χ4n) is 5.68. The second-order valence-electron chi connectivity index (χ2n) is 12.7. The van der Waals surface area contributed by atoms with Crippen LogP contribution in [0.1, 0.15) is 46.1 Å². The third-order valence-corrected chi connectivity index (χ3v) is 7.98. The molecule has 0 radical (unpaired) electrons. The van der Waals surface area contributed by atoms with E-state index in [0.717, 1.165) is 24.5 Å². The van der Waals surface area contributed by atoms with Crippen LogP contribution in [0.5, 0.6) is 5.75 Å². The Bertz CT molecular complexity index is 1400. The van der Waals surface area contributed by atoms with Gasteiger partial charge in [0.2, 0.25) is 5.95 Å². The quantitative estimate of drug-likeness (QED) is 0.176. The molecule has 2 fully saturated rings. The van der Waals surface area contributed by atoms with Crippen molar-refractivity contribution in [3.05, 3.63) is 84.7 Å². The van der Waals surface area contributed by atoms with Gasteiger partial charge in [0, 0.05) is 32.1 Å². The summed E-state index contributed by atoms with van der Waals surface area (Å²) in [4.78, 5) is 25.3. The molecule has 0 aliphatic carbocycles. The summed E-state index contributed by atoms with van der Waals surface area (Å²) in [7, 11) is 0. The molecule has 0 bridgehead atoms. The molecule has 1 aromatic heterocycles. The summed E-state index contributed by atoms with van der Waals surface area (Å²) in [5, 5.41) is 11.1.